The molecule has 0 atom stereocenters. The van der Waals surface area contributed by atoms with E-state index in [0.29, 0.717) is 17.0 Å². The molecule has 0 radical (unpaired) electrons. The summed E-state index contributed by atoms with van der Waals surface area (Å²) in [7, 11) is 0. The van der Waals surface area contributed by atoms with E-state index in [9.17, 15) is 4.79 Å². The van der Waals surface area contributed by atoms with Gasteiger partial charge in [0.05, 0.1) is 12.2 Å². The van der Waals surface area contributed by atoms with Crippen LogP contribution in [0.2, 0.25) is 0 Å². The number of hydrogen-bond acceptors (Lipinski definition) is 4. The second-order valence-corrected chi connectivity index (χ2v) is 5.74. The molecule has 4 nitrogen and oxygen atoms in total. The van der Waals surface area contributed by atoms with Gasteiger partial charge in [-0.3, -0.25) is 0 Å². The topological polar surface area (TPSA) is 59.4 Å². The van der Waals surface area contributed by atoms with Crippen LogP contribution in [0.25, 0.3) is 0 Å². The zero-order valence-electron chi connectivity index (χ0n) is 10.7. The van der Waals surface area contributed by atoms with Gasteiger partial charge in [0.25, 0.3) is 0 Å². The molecule has 0 aliphatic rings. The van der Waals surface area contributed by atoms with Gasteiger partial charge in [0.2, 0.25) is 5.88 Å². The van der Waals surface area contributed by atoms with Gasteiger partial charge in [-0.25, -0.2) is 9.78 Å². The molecule has 1 heterocycles. The number of halogens is 1. The number of aromatic carboxylic acids is 1. The van der Waals surface area contributed by atoms with Crippen LogP contribution < -0.4 is 4.74 Å². The van der Waals surface area contributed by atoms with Crippen molar-refractivity contribution in [1.82, 2.24) is 4.98 Å². The van der Waals surface area contributed by atoms with Gasteiger partial charge in [-0.1, -0.05) is 17.8 Å². The van der Waals surface area contributed by atoms with Crippen molar-refractivity contribution in [3.63, 3.8) is 0 Å². The van der Waals surface area contributed by atoms with Crippen LogP contribution in [-0.2, 0) is 0 Å². The minimum atomic E-state index is -0.963. The van der Waals surface area contributed by atoms with Crippen molar-refractivity contribution in [2.75, 3.05) is 6.61 Å². The molecular weight excluding hydrogens is 342 g/mol. The van der Waals surface area contributed by atoms with Crippen LogP contribution in [0.4, 0.5) is 0 Å². The number of carbonyl (C=O) groups is 1. The van der Waals surface area contributed by atoms with Gasteiger partial charge in [0.1, 0.15) is 5.03 Å². The normalized spacial score (nSPS) is 10.3. The lowest BCUT2D eigenvalue weighted by molar-refractivity contribution is 0.0695. The molecule has 0 aliphatic carbocycles. The van der Waals surface area contributed by atoms with Crippen LogP contribution in [0.15, 0.2) is 50.8 Å². The molecule has 104 valence electrons. The molecule has 0 fully saturated rings. The maximum Gasteiger partial charge on any atom is 0.336 e. The first kappa shape index (κ1) is 14.9. The van der Waals surface area contributed by atoms with Crippen LogP contribution in [0.1, 0.15) is 17.3 Å². The molecule has 0 unspecified atom stereocenters. The quantitative estimate of drug-likeness (QED) is 0.876. The largest absolute Gasteiger partial charge is 0.478 e. The summed E-state index contributed by atoms with van der Waals surface area (Å²) in [5, 5.41) is 9.85. The van der Waals surface area contributed by atoms with E-state index in [1.807, 2.05) is 25.1 Å². The van der Waals surface area contributed by atoms with Crippen LogP contribution >= 0.6 is 27.7 Å². The van der Waals surface area contributed by atoms with Crippen molar-refractivity contribution >= 4 is 33.7 Å². The predicted octanol–water partition coefficient (Wildman–Crippen LogP) is 4.09. The number of carboxylic acid groups (broad SMARTS) is 1. The zero-order valence-corrected chi connectivity index (χ0v) is 13.1. The molecule has 6 heteroatoms. The van der Waals surface area contributed by atoms with Gasteiger partial charge in [-0.15, -0.1) is 0 Å². The van der Waals surface area contributed by atoms with E-state index in [4.69, 9.17) is 9.84 Å². The highest BCUT2D eigenvalue weighted by molar-refractivity contribution is 9.10. The van der Waals surface area contributed by atoms with Gasteiger partial charge in [0.15, 0.2) is 0 Å². The maximum atomic E-state index is 11.1. The van der Waals surface area contributed by atoms with Crippen LogP contribution in [0.3, 0.4) is 0 Å². The molecular formula is C14H12BrNO3S. The summed E-state index contributed by atoms with van der Waals surface area (Å²) in [6, 6.07) is 10.7. The fraction of sp³-hybridized carbons (Fsp3) is 0.143. The first-order valence-electron chi connectivity index (χ1n) is 5.90. The molecule has 0 spiro atoms. The number of carboxylic acids is 1. The van der Waals surface area contributed by atoms with Crippen LogP contribution in [-0.4, -0.2) is 22.7 Å². The Labute approximate surface area is 129 Å². The Morgan fingerprint density at radius 3 is 2.90 bits per heavy atom. The van der Waals surface area contributed by atoms with Gasteiger partial charge in [-0.05, 0) is 47.1 Å². The van der Waals surface area contributed by atoms with Crippen molar-refractivity contribution in [2.24, 2.45) is 0 Å². The van der Waals surface area contributed by atoms with Crippen LogP contribution in [0, 0.1) is 0 Å². The maximum absolute atomic E-state index is 11.1. The molecule has 1 aromatic carbocycles. The lowest BCUT2D eigenvalue weighted by Crippen LogP contribution is -1.97. The highest BCUT2D eigenvalue weighted by Crippen LogP contribution is 2.30. The Morgan fingerprint density at radius 1 is 1.40 bits per heavy atom. The van der Waals surface area contributed by atoms with E-state index in [0.717, 1.165) is 9.92 Å². The Morgan fingerprint density at radius 2 is 2.20 bits per heavy atom. The van der Waals surface area contributed by atoms with E-state index in [-0.39, 0.29) is 5.56 Å². The van der Waals surface area contributed by atoms with E-state index < -0.39 is 5.97 Å². The van der Waals surface area contributed by atoms with Gasteiger partial charge in [0, 0.05) is 15.4 Å². The minimum Gasteiger partial charge on any atom is -0.478 e. The first-order valence-corrected chi connectivity index (χ1v) is 7.51. The number of benzene rings is 1. The van der Waals surface area contributed by atoms with E-state index >= 15 is 0 Å². The molecule has 20 heavy (non-hydrogen) atoms. The molecule has 0 saturated carbocycles. The number of hydrogen-bond donors (Lipinski definition) is 1. The Hall–Kier alpha value is -1.53. The Bertz CT molecular complexity index is 634. The lowest BCUT2D eigenvalue weighted by atomic mass is 10.2. The van der Waals surface area contributed by atoms with E-state index in [2.05, 4.69) is 20.9 Å². The number of rotatable bonds is 5. The minimum absolute atomic E-state index is 0.232. The number of aromatic nitrogens is 1. The average Bonchev–Trinajstić information content (AvgIpc) is 2.41. The van der Waals surface area contributed by atoms with Gasteiger partial charge < -0.3 is 9.84 Å². The van der Waals surface area contributed by atoms with Crippen molar-refractivity contribution < 1.29 is 14.6 Å². The summed E-state index contributed by atoms with van der Waals surface area (Å²) in [6.07, 6.45) is 0. The van der Waals surface area contributed by atoms with E-state index in [1.54, 1.807) is 18.2 Å². The zero-order chi connectivity index (χ0) is 14.5. The van der Waals surface area contributed by atoms with Crippen molar-refractivity contribution in [2.45, 2.75) is 16.8 Å². The predicted molar refractivity (Wildman–Crippen MR) is 80.6 cm³/mol. The second kappa shape index (κ2) is 6.76. The fourth-order valence-electron chi connectivity index (χ4n) is 1.53. The summed E-state index contributed by atoms with van der Waals surface area (Å²) in [4.78, 5) is 16.2. The van der Waals surface area contributed by atoms with Crippen molar-refractivity contribution in [3.05, 3.63) is 46.4 Å². The number of pyridine rings is 1. The third kappa shape index (κ3) is 3.74. The highest BCUT2D eigenvalue weighted by atomic mass is 79.9. The third-order valence-electron chi connectivity index (χ3n) is 2.38. The van der Waals surface area contributed by atoms with Gasteiger partial charge in [-0.2, -0.15) is 0 Å². The number of nitrogens with zero attached hydrogens (tertiary/aromatic N) is 1. The summed E-state index contributed by atoms with van der Waals surface area (Å²) < 4.78 is 5.90. The molecule has 0 aliphatic heterocycles. The summed E-state index contributed by atoms with van der Waals surface area (Å²) in [5.74, 6) is -0.400. The molecule has 0 bridgehead atoms. The molecule has 0 amide bonds. The SMILES string of the molecule is CCOc1cccc(Sc2ccc(Br)c(C(=O)O)c2)n1. The molecule has 2 rings (SSSR count). The van der Waals surface area contributed by atoms with E-state index in [1.165, 1.54) is 11.8 Å². The average molecular weight is 354 g/mol. The lowest BCUT2D eigenvalue weighted by Gasteiger charge is -2.06. The Balaban J connectivity index is 2.23. The fourth-order valence-corrected chi connectivity index (χ4v) is 2.79. The summed E-state index contributed by atoms with van der Waals surface area (Å²) in [6.45, 7) is 2.46. The molecule has 1 N–H and O–H groups in total. The number of ether oxygens (including phenoxy) is 1. The second-order valence-electron chi connectivity index (χ2n) is 3.80. The van der Waals surface area contributed by atoms with Crippen LogP contribution in [0.5, 0.6) is 5.88 Å². The monoisotopic (exact) mass is 353 g/mol. The first-order chi connectivity index (χ1) is 9.60. The van der Waals surface area contributed by atoms with Gasteiger partial charge >= 0.3 is 5.97 Å². The summed E-state index contributed by atoms with van der Waals surface area (Å²) >= 11 is 4.62. The summed E-state index contributed by atoms with van der Waals surface area (Å²) in [5.41, 5.74) is 0.232. The standard InChI is InChI=1S/C14H12BrNO3S/c1-2-19-12-4-3-5-13(16-12)20-9-6-7-11(15)10(8-9)14(17)18/h3-8H,2H2,1H3,(H,17,18). The highest BCUT2D eigenvalue weighted by Gasteiger charge is 2.10. The third-order valence-corrected chi connectivity index (χ3v) is 4.00. The van der Waals surface area contributed by atoms with Crippen molar-refractivity contribution in [1.29, 1.82) is 0 Å². The molecule has 2 aromatic rings. The Kier molecular flexibility index (Phi) is 5.03. The smallest absolute Gasteiger partial charge is 0.336 e. The van der Waals surface area contributed by atoms with Crippen molar-refractivity contribution in [3.8, 4) is 5.88 Å². The molecule has 1 aromatic heterocycles. The molecule has 0 saturated heterocycles.